The highest BCUT2D eigenvalue weighted by atomic mass is 16.2. The molecule has 1 aliphatic heterocycles. The molecule has 0 aromatic heterocycles. The van der Waals surface area contributed by atoms with Crippen LogP contribution in [-0.4, -0.2) is 42.9 Å². The predicted octanol–water partition coefficient (Wildman–Crippen LogP) is 3.05. The second-order valence-electron chi connectivity index (χ2n) is 8.31. The third kappa shape index (κ3) is 4.00. The van der Waals surface area contributed by atoms with Gasteiger partial charge in [-0.3, -0.25) is 9.59 Å². The first kappa shape index (κ1) is 19.5. The van der Waals surface area contributed by atoms with Gasteiger partial charge in [-0.2, -0.15) is 0 Å². The standard InChI is InChI=1S/C24H29N3O2/c1-18-6-5-9-21(16-18)26-12-14-27(15-13-26)23(29)24(10-11-24)22(28)25-17-20-8-4-3-7-19(20)2/h3-9,16H,10-15,17H2,1-2H3,(H,25,28). The number of carbonyl (C=O) groups is 2. The van der Waals surface area contributed by atoms with Crippen molar-refractivity contribution in [3.05, 3.63) is 65.2 Å². The van der Waals surface area contributed by atoms with E-state index in [0.29, 0.717) is 32.5 Å². The Morgan fingerprint density at radius 1 is 0.966 bits per heavy atom. The molecule has 0 unspecified atom stereocenters. The van der Waals surface area contributed by atoms with E-state index in [1.54, 1.807) is 0 Å². The van der Waals surface area contributed by atoms with Crippen LogP contribution in [0.25, 0.3) is 0 Å². The maximum absolute atomic E-state index is 13.1. The highest BCUT2D eigenvalue weighted by Gasteiger charge is 2.58. The molecule has 0 spiro atoms. The van der Waals surface area contributed by atoms with Gasteiger partial charge in [0, 0.05) is 38.4 Å². The summed E-state index contributed by atoms with van der Waals surface area (Å²) in [6.45, 7) is 7.54. The quantitative estimate of drug-likeness (QED) is 0.797. The Morgan fingerprint density at radius 2 is 1.69 bits per heavy atom. The van der Waals surface area contributed by atoms with Gasteiger partial charge in [0.1, 0.15) is 5.41 Å². The van der Waals surface area contributed by atoms with Crippen molar-refractivity contribution in [2.24, 2.45) is 5.41 Å². The van der Waals surface area contributed by atoms with Crippen LogP contribution in [0.5, 0.6) is 0 Å². The summed E-state index contributed by atoms with van der Waals surface area (Å²) in [7, 11) is 0. The van der Waals surface area contributed by atoms with E-state index in [9.17, 15) is 9.59 Å². The normalized spacial score (nSPS) is 17.7. The summed E-state index contributed by atoms with van der Waals surface area (Å²) in [6.07, 6.45) is 1.31. The molecule has 0 atom stereocenters. The van der Waals surface area contributed by atoms with Crippen LogP contribution in [0, 0.1) is 19.3 Å². The maximum atomic E-state index is 13.1. The zero-order valence-corrected chi connectivity index (χ0v) is 17.3. The molecule has 0 radical (unpaired) electrons. The molecule has 1 heterocycles. The molecule has 5 heteroatoms. The third-order valence-electron chi connectivity index (χ3n) is 6.23. The summed E-state index contributed by atoms with van der Waals surface area (Å²) in [4.78, 5) is 30.2. The zero-order chi connectivity index (χ0) is 20.4. The Balaban J connectivity index is 1.34. The molecular formula is C24H29N3O2. The second kappa shape index (κ2) is 7.90. The summed E-state index contributed by atoms with van der Waals surface area (Å²) < 4.78 is 0. The number of aryl methyl sites for hydroxylation is 2. The van der Waals surface area contributed by atoms with Crippen molar-refractivity contribution in [3.63, 3.8) is 0 Å². The highest BCUT2D eigenvalue weighted by Crippen LogP contribution is 2.47. The minimum Gasteiger partial charge on any atom is -0.368 e. The zero-order valence-electron chi connectivity index (χ0n) is 17.3. The van der Waals surface area contributed by atoms with Gasteiger partial charge < -0.3 is 15.1 Å². The molecule has 2 amide bonds. The van der Waals surface area contributed by atoms with Crippen LogP contribution >= 0.6 is 0 Å². The predicted molar refractivity (Wildman–Crippen MR) is 115 cm³/mol. The number of benzene rings is 2. The molecule has 5 nitrogen and oxygen atoms in total. The lowest BCUT2D eigenvalue weighted by Crippen LogP contribution is -2.53. The van der Waals surface area contributed by atoms with E-state index in [2.05, 4.69) is 41.4 Å². The van der Waals surface area contributed by atoms with Crippen molar-refractivity contribution in [2.75, 3.05) is 31.1 Å². The van der Waals surface area contributed by atoms with Crippen LogP contribution in [0.3, 0.4) is 0 Å². The number of nitrogens with zero attached hydrogens (tertiary/aromatic N) is 2. The van der Waals surface area contributed by atoms with E-state index in [1.807, 2.05) is 36.1 Å². The van der Waals surface area contributed by atoms with Gasteiger partial charge in [-0.15, -0.1) is 0 Å². The Kier molecular flexibility index (Phi) is 5.31. The van der Waals surface area contributed by atoms with Crippen molar-refractivity contribution >= 4 is 17.5 Å². The molecular weight excluding hydrogens is 362 g/mol. The van der Waals surface area contributed by atoms with Crippen LogP contribution < -0.4 is 10.2 Å². The average molecular weight is 392 g/mol. The van der Waals surface area contributed by atoms with E-state index < -0.39 is 5.41 Å². The Bertz CT molecular complexity index is 912. The molecule has 2 aromatic carbocycles. The van der Waals surface area contributed by atoms with Crippen LogP contribution in [0.4, 0.5) is 5.69 Å². The van der Waals surface area contributed by atoms with E-state index in [0.717, 1.165) is 24.2 Å². The average Bonchev–Trinajstić information content (AvgIpc) is 3.55. The number of anilines is 1. The van der Waals surface area contributed by atoms with Gasteiger partial charge >= 0.3 is 0 Å². The van der Waals surface area contributed by atoms with Gasteiger partial charge in [-0.05, 0) is 55.5 Å². The van der Waals surface area contributed by atoms with E-state index >= 15 is 0 Å². The fourth-order valence-corrected chi connectivity index (χ4v) is 4.11. The number of carbonyl (C=O) groups excluding carboxylic acids is 2. The third-order valence-corrected chi connectivity index (χ3v) is 6.23. The van der Waals surface area contributed by atoms with Crippen LogP contribution in [0.15, 0.2) is 48.5 Å². The highest BCUT2D eigenvalue weighted by molar-refractivity contribution is 6.07. The van der Waals surface area contributed by atoms with Gasteiger partial charge in [-0.1, -0.05) is 36.4 Å². The molecule has 29 heavy (non-hydrogen) atoms. The van der Waals surface area contributed by atoms with Crippen LogP contribution in [0.2, 0.25) is 0 Å². The molecule has 1 saturated carbocycles. The molecule has 2 aromatic rings. The molecule has 0 bridgehead atoms. The first-order valence-corrected chi connectivity index (χ1v) is 10.4. The Morgan fingerprint density at radius 3 is 2.34 bits per heavy atom. The van der Waals surface area contributed by atoms with Crippen LogP contribution in [0.1, 0.15) is 29.5 Å². The number of piperazine rings is 1. The van der Waals surface area contributed by atoms with Gasteiger partial charge in [-0.25, -0.2) is 0 Å². The fourth-order valence-electron chi connectivity index (χ4n) is 4.11. The number of nitrogens with one attached hydrogen (secondary N) is 1. The smallest absolute Gasteiger partial charge is 0.238 e. The second-order valence-corrected chi connectivity index (χ2v) is 8.31. The summed E-state index contributed by atoms with van der Waals surface area (Å²) in [5.74, 6) is -0.115. The van der Waals surface area contributed by atoms with Gasteiger partial charge in [0.05, 0.1) is 0 Å². The van der Waals surface area contributed by atoms with Gasteiger partial charge in [0.25, 0.3) is 0 Å². The molecule has 1 N–H and O–H groups in total. The summed E-state index contributed by atoms with van der Waals surface area (Å²) in [6, 6.07) is 16.5. The summed E-state index contributed by atoms with van der Waals surface area (Å²) in [5, 5.41) is 3.01. The molecule has 4 rings (SSSR count). The van der Waals surface area contributed by atoms with E-state index in [-0.39, 0.29) is 11.8 Å². The largest absolute Gasteiger partial charge is 0.368 e. The Hall–Kier alpha value is -2.82. The van der Waals surface area contributed by atoms with E-state index in [1.165, 1.54) is 11.3 Å². The molecule has 2 fully saturated rings. The van der Waals surface area contributed by atoms with Crippen molar-refractivity contribution in [2.45, 2.75) is 33.2 Å². The maximum Gasteiger partial charge on any atom is 0.238 e. The topological polar surface area (TPSA) is 52.7 Å². The Labute approximate surface area is 172 Å². The lowest BCUT2D eigenvalue weighted by Gasteiger charge is -2.37. The fraction of sp³-hybridized carbons (Fsp3) is 0.417. The minimum absolute atomic E-state index is 0.00340. The first-order valence-electron chi connectivity index (χ1n) is 10.4. The number of rotatable bonds is 5. The summed E-state index contributed by atoms with van der Waals surface area (Å²) >= 11 is 0. The molecule has 2 aliphatic rings. The monoisotopic (exact) mass is 391 g/mol. The van der Waals surface area contributed by atoms with E-state index in [4.69, 9.17) is 0 Å². The number of hydrogen-bond donors (Lipinski definition) is 1. The lowest BCUT2D eigenvalue weighted by molar-refractivity contribution is -0.144. The minimum atomic E-state index is -0.839. The van der Waals surface area contributed by atoms with Crippen molar-refractivity contribution in [1.29, 1.82) is 0 Å². The van der Waals surface area contributed by atoms with Gasteiger partial charge in [0.2, 0.25) is 11.8 Å². The van der Waals surface area contributed by atoms with Crippen molar-refractivity contribution in [1.82, 2.24) is 10.2 Å². The van der Waals surface area contributed by atoms with Crippen molar-refractivity contribution < 1.29 is 9.59 Å². The van der Waals surface area contributed by atoms with Gasteiger partial charge in [0.15, 0.2) is 0 Å². The first-order chi connectivity index (χ1) is 14.0. The van der Waals surface area contributed by atoms with Crippen molar-refractivity contribution in [3.8, 4) is 0 Å². The van der Waals surface area contributed by atoms with Crippen LogP contribution in [-0.2, 0) is 16.1 Å². The summed E-state index contributed by atoms with van der Waals surface area (Å²) in [5.41, 5.74) is 3.85. The molecule has 1 saturated heterocycles. The molecule has 1 aliphatic carbocycles. The number of amides is 2. The lowest BCUT2D eigenvalue weighted by atomic mass is 10.0. The number of hydrogen-bond acceptors (Lipinski definition) is 3. The molecule has 152 valence electrons. The SMILES string of the molecule is Cc1cccc(N2CCN(C(=O)C3(C(=O)NCc4ccccc4C)CC3)CC2)c1.